The van der Waals surface area contributed by atoms with Crippen molar-refractivity contribution in [1.29, 1.82) is 0 Å². The molecule has 2 heterocycles. The summed E-state index contributed by atoms with van der Waals surface area (Å²) in [6, 6.07) is 22.7. The number of nitrogens with zero attached hydrogens (tertiary/aromatic N) is 1. The smallest absolute Gasteiger partial charge is 0.305 e. The van der Waals surface area contributed by atoms with E-state index >= 15 is 0 Å². The number of carboxylic acids is 1. The number of nitrogens with one attached hydrogen (secondary N) is 1. The van der Waals surface area contributed by atoms with E-state index in [0.29, 0.717) is 21.3 Å². The molecule has 2 atom stereocenters. The molecule has 33 heavy (non-hydrogen) atoms. The third-order valence-electron chi connectivity index (χ3n) is 5.63. The van der Waals surface area contributed by atoms with Gasteiger partial charge >= 0.3 is 5.97 Å². The molecule has 2 unspecified atom stereocenters. The van der Waals surface area contributed by atoms with E-state index in [9.17, 15) is 14.7 Å². The van der Waals surface area contributed by atoms with Crippen LogP contribution >= 0.6 is 35.0 Å². The second-order valence-electron chi connectivity index (χ2n) is 7.68. The van der Waals surface area contributed by atoms with Crippen molar-refractivity contribution in [2.45, 2.75) is 17.0 Å². The number of amides is 1. The number of para-hydroxylation sites is 1. The quantitative estimate of drug-likeness (QED) is 0.319. The number of hydrogen-bond acceptors (Lipinski definition) is 3. The van der Waals surface area contributed by atoms with E-state index in [1.807, 2.05) is 54.6 Å². The summed E-state index contributed by atoms with van der Waals surface area (Å²) < 4.78 is 0. The van der Waals surface area contributed by atoms with Gasteiger partial charge in [-0.15, -0.1) is 11.8 Å². The highest BCUT2D eigenvalue weighted by Gasteiger charge is 2.46. The second-order valence-corrected chi connectivity index (χ2v) is 9.78. The molecule has 5 nitrogen and oxygen atoms in total. The Balaban J connectivity index is 1.77. The predicted octanol–water partition coefficient (Wildman–Crippen LogP) is 6.76. The summed E-state index contributed by atoms with van der Waals surface area (Å²) in [5.41, 5.74) is 3.83. The van der Waals surface area contributed by atoms with Crippen LogP contribution < -0.4 is 4.90 Å². The zero-order valence-corrected chi connectivity index (χ0v) is 19.5. The molecule has 0 aliphatic carbocycles. The molecule has 5 rings (SSSR count). The van der Waals surface area contributed by atoms with Crippen LogP contribution in [0.3, 0.4) is 0 Å². The monoisotopic (exact) mass is 496 g/mol. The third kappa shape index (κ3) is 3.88. The van der Waals surface area contributed by atoms with Crippen molar-refractivity contribution < 1.29 is 14.7 Å². The van der Waals surface area contributed by atoms with Crippen LogP contribution in [0.4, 0.5) is 5.69 Å². The largest absolute Gasteiger partial charge is 0.481 e. The minimum absolute atomic E-state index is 0.287. The molecule has 1 aromatic heterocycles. The maximum atomic E-state index is 13.7. The molecular weight excluding hydrogens is 479 g/mol. The van der Waals surface area contributed by atoms with Gasteiger partial charge in [-0.25, -0.2) is 0 Å². The van der Waals surface area contributed by atoms with E-state index < -0.39 is 16.6 Å². The average Bonchev–Trinajstić information content (AvgIpc) is 3.31. The lowest BCUT2D eigenvalue weighted by Crippen LogP contribution is -2.32. The molecule has 1 aliphatic heterocycles. The molecule has 1 amide bonds. The maximum absolute atomic E-state index is 13.7. The number of thioether (sulfide) groups is 1. The highest BCUT2D eigenvalue weighted by atomic mass is 35.5. The van der Waals surface area contributed by atoms with Crippen LogP contribution in [0.15, 0.2) is 72.8 Å². The van der Waals surface area contributed by atoms with Crippen molar-refractivity contribution in [3.63, 3.8) is 0 Å². The number of rotatable bonds is 5. The van der Waals surface area contributed by atoms with Crippen molar-refractivity contribution in [2.75, 3.05) is 4.90 Å². The van der Waals surface area contributed by atoms with Gasteiger partial charge in [0.25, 0.3) is 0 Å². The van der Waals surface area contributed by atoms with Gasteiger partial charge in [0.15, 0.2) is 0 Å². The van der Waals surface area contributed by atoms with E-state index in [-0.39, 0.29) is 12.3 Å². The molecule has 1 saturated heterocycles. The second kappa shape index (κ2) is 8.78. The van der Waals surface area contributed by atoms with Crippen molar-refractivity contribution >= 4 is 63.4 Å². The molecule has 166 valence electrons. The van der Waals surface area contributed by atoms with E-state index in [1.54, 1.807) is 23.1 Å². The highest BCUT2D eigenvalue weighted by molar-refractivity contribution is 8.01. The molecule has 1 fully saturated rings. The van der Waals surface area contributed by atoms with Gasteiger partial charge in [-0.2, -0.15) is 0 Å². The first-order chi connectivity index (χ1) is 16.0. The Morgan fingerprint density at radius 2 is 1.64 bits per heavy atom. The molecule has 8 heteroatoms. The zero-order valence-electron chi connectivity index (χ0n) is 17.2. The van der Waals surface area contributed by atoms with Gasteiger partial charge in [-0.05, 0) is 18.2 Å². The Kier molecular flexibility index (Phi) is 5.83. The first-order valence-corrected chi connectivity index (χ1v) is 12.0. The summed E-state index contributed by atoms with van der Waals surface area (Å²) in [7, 11) is 0. The number of aliphatic carboxylic acids is 1. The van der Waals surface area contributed by atoms with Gasteiger partial charge in [-0.1, -0.05) is 77.8 Å². The molecule has 3 aromatic carbocycles. The van der Waals surface area contributed by atoms with Crippen LogP contribution in [-0.4, -0.2) is 27.2 Å². The first kappa shape index (κ1) is 21.9. The van der Waals surface area contributed by atoms with Crippen LogP contribution in [0, 0.1) is 0 Å². The Hall–Kier alpha value is -2.93. The normalized spacial score (nSPS) is 18.2. The lowest BCUT2D eigenvalue weighted by molar-refractivity contribution is -0.138. The number of benzene rings is 3. The molecule has 0 bridgehead atoms. The van der Waals surface area contributed by atoms with Crippen molar-refractivity contribution in [2.24, 2.45) is 0 Å². The molecule has 4 aromatic rings. The SMILES string of the molecule is O=C(O)CC1SC(c2c(Cl)cccc2Cl)N(c2c(-c3ccccc3)[nH]c3ccccc23)C1=O. The summed E-state index contributed by atoms with van der Waals surface area (Å²) in [5, 5.41) is 9.80. The number of fused-ring (bicyclic) bond motifs is 1. The van der Waals surface area contributed by atoms with E-state index in [4.69, 9.17) is 23.2 Å². The molecule has 0 saturated carbocycles. The maximum Gasteiger partial charge on any atom is 0.305 e. The molecule has 0 spiro atoms. The number of aromatic amines is 1. The van der Waals surface area contributed by atoms with Crippen LogP contribution in [0.5, 0.6) is 0 Å². The van der Waals surface area contributed by atoms with Gasteiger partial charge in [0.05, 0.1) is 23.1 Å². The number of carboxylic acid groups (broad SMARTS) is 1. The summed E-state index contributed by atoms with van der Waals surface area (Å²) >= 11 is 14.4. The van der Waals surface area contributed by atoms with Crippen LogP contribution in [0.25, 0.3) is 22.2 Å². The molecule has 2 N–H and O–H groups in total. The molecular formula is C25H18Cl2N2O3S. The number of aromatic nitrogens is 1. The standard InChI is InChI=1S/C25H18Cl2N2O3S/c26-16-10-6-11-17(27)21(16)25-29(24(32)19(33-25)13-20(30)31)23-15-9-4-5-12-18(15)28-22(23)14-7-2-1-3-8-14/h1-12,19,25,28H,13H2,(H,30,31). The summed E-state index contributed by atoms with van der Waals surface area (Å²) in [5.74, 6) is -1.32. The van der Waals surface area contributed by atoms with Gasteiger partial charge in [0.1, 0.15) is 5.37 Å². The Bertz CT molecular complexity index is 1350. The van der Waals surface area contributed by atoms with Crippen molar-refractivity contribution in [3.05, 3.63) is 88.4 Å². The highest BCUT2D eigenvalue weighted by Crippen LogP contribution is 2.53. The minimum Gasteiger partial charge on any atom is -0.481 e. The number of H-pyrrole nitrogens is 1. The Morgan fingerprint density at radius 1 is 0.970 bits per heavy atom. The van der Waals surface area contributed by atoms with E-state index in [1.165, 1.54) is 11.8 Å². The fourth-order valence-electron chi connectivity index (χ4n) is 4.20. The van der Waals surface area contributed by atoms with Crippen molar-refractivity contribution in [3.8, 4) is 11.3 Å². The summed E-state index contributed by atoms with van der Waals surface area (Å²) in [6.45, 7) is 0. The van der Waals surface area contributed by atoms with Crippen LogP contribution in [-0.2, 0) is 9.59 Å². The Labute approximate surface area is 204 Å². The van der Waals surface area contributed by atoms with Crippen LogP contribution in [0.2, 0.25) is 10.0 Å². The van der Waals surface area contributed by atoms with Gasteiger partial charge in [0, 0.05) is 32.1 Å². The minimum atomic E-state index is -1.03. The van der Waals surface area contributed by atoms with E-state index in [2.05, 4.69) is 4.98 Å². The van der Waals surface area contributed by atoms with E-state index in [0.717, 1.165) is 22.2 Å². The fraction of sp³-hybridized carbons (Fsp3) is 0.120. The van der Waals surface area contributed by atoms with Gasteiger partial charge in [-0.3, -0.25) is 14.5 Å². The van der Waals surface area contributed by atoms with Crippen molar-refractivity contribution in [1.82, 2.24) is 4.98 Å². The number of halogens is 2. The first-order valence-electron chi connectivity index (χ1n) is 10.3. The predicted molar refractivity (Wildman–Crippen MR) is 134 cm³/mol. The molecule has 1 aliphatic rings. The summed E-state index contributed by atoms with van der Waals surface area (Å²) in [6.07, 6.45) is -0.290. The average molecular weight is 497 g/mol. The number of hydrogen-bond donors (Lipinski definition) is 2. The summed E-state index contributed by atoms with van der Waals surface area (Å²) in [4.78, 5) is 30.4. The number of anilines is 1. The van der Waals surface area contributed by atoms with Gasteiger partial charge < -0.3 is 10.1 Å². The lowest BCUT2D eigenvalue weighted by atomic mass is 10.1. The topological polar surface area (TPSA) is 73.4 Å². The number of carbonyl (C=O) groups is 2. The lowest BCUT2D eigenvalue weighted by Gasteiger charge is -2.26. The third-order valence-corrected chi connectivity index (χ3v) is 7.69. The number of carbonyl (C=O) groups excluding carboxylic acids is 1. The van der Waals surface area contributed by atoms with Crippen LogP contribution in [0.1, 0.15) is 17.4 Å². The fourth-order valence-corrected chi connectivity index (χ4v) is 6.44. The van der Waals surface area contributed by atoms with Gasteiger partial charge in [0.2, 0.25) is 5.91 Å². The molecule has 0 radical (unpaired) electrons. The Morgan fingerprint density at radius 3 is 2.33 bits per heavy atom. The zero-order chi connectivity index (χ0) is 23.1.